The first-order chi connectivity index (χ1) is 10.2. The molecule has 1 aromatic carbocycles. The van der Waals surface area contributed by atoms with Crippen molar-refractivity contribution >= 4 is 27.6 Å². The highest BCUT2D eigenvalue weighted by molar-refractivity contribution is 7.89. The summed E-state index contributed by atoms with van der Waals surface area (Å²) >= 11 is 0. The SMILES string of the molecule is CCCCC(=O)O[C@H](C)C(=O)Nc1ccc(S(N)(=O)=O)cc1. The third-order valence-electron chi connectivity index (χ3n) is 2.86. The molecule has 0 heterocycles. The van der Waals surface area contributed by atoms with Gasteiger partial charge in [-0.2, -0.15) is 0 Å². The number of hydrogen-bond acceptors (Lipinski definition) is 5. The molecule has 1 amide bonds. The Balaban J connectivity index is 2.59. The third-order valence-corrected chi connectivity index (χ3v) is 3.79. The van der Waals surface area contributed by atoms with Crippen LogP contribution >= 0.6 is 0 Å². The van der Waals surface area contributed by atoms with Crippen LogP contribution in [0.5, 0.6) is 0 Å². The van der Waals surface area contributed by atoms with Crippen LogP contribution in [-0.2, 0) is 24.3 Å². The Morgan fingerprint density at radius 2 is 1.86 bits per heavy atom. The van der Waals surface area contributed by atoms with Crippen molar-refractivity contribution in [1.29, 1.82) is 0 Å². The zero-order valence-corrected chi connectivity index (χ0v) is 13.4. The van der Waals surface area contributed by atoms with E-state index < -0.39 is 28.0 Å². The van der Waals surface area contributed by atoms with Gasteiger partial charge in [-0.3, -0.25) is 9.59 Å². The number of anilines is 1. The summed E-state index contributed by atoms with van der Waals surface area (Å²) in [5.41, 5.74) is 0.383. The summed E-state index contributed by atoms with van der Waals surface area (Å²) in [5, 5.41) is 7.51. The lowest BCUT2D eigenvalue weighted by Gasteiger charge is -2.13. The molecular weight excluding hydrogens is 308 g/mol. The van der Waals surface area contributed by atoms with E-state index >= 15 is 0 Å². The largest absolute Gasteiger partial charge is 0.453 e. The minimum Gasteiger partial charge on any atom is -0.453 e. The minimum absolute atomic E-state index is 0.0514. The summed E-state index contributed by atoms with van der Waals surface area (Å²) < 4.78 is 27.2. The minimum atomic E-state index is -3.77. The molecule has 0 spiro atoms. The Bertz CT molecular complexity index is 625. The van der Waals surface area contributed by atoms with Crippen molar-refractivity contribution in [2.45, 2.75) is 44.1 Å². The maximum atomic E-state index is 11.9. The summed E-state index contributed by atoms with van der Waals surface area (Å²) in [6.45, 7) is 3.42. The second-order valence-electron chi connectivity index (χ2n) is 4.79. The number of benzene rings is 1. The van der Waals surface area contributed by atoms with Crippen LogP contribution in [0.1, 0.15) is 33.1 Å². The van der Waals surface area contributed by atoms with Crippen molar-refractivity contribution in [1.82, 2.24) is 0 Å². The zero-order chi connectivity index (χ0) is 16.8. The number of esters is 1. The second kappa shape index (κ2) is 7.90. The Labute approximate surface area is 129 Å². The van der Waals surface area contributed by atoms with Crippen molar-refractivity contribution in [3.8, 4) is 0 Å². The lowest BCUT2D eigenvalue weighted by atomic mass is 10.2. The molecule has 1 rings (SSSR count). The number of ether oxygens (including phenoxy) is 1. The first kappa shape index (κ1) is 18.1. The van der Waals surface area contributed by atoms with Gasteiger partial charge in [-0.25, -0.2) is 13.6 Å². The van der Waals surface area contributed by atoms with Crippen LogP contribution in [0.25, 0.3) is 0 Å². The normalized spacial score (nSPS) is 12.5. The average Bonchev–Trinajstić information content (AvgIpc) is 2.44. The van der Waals surface area contributed by atoms with Crippen LogP contribution in [-0.4, -0.2) is 26.4 Å². The predicted octanol–water partition coefficient (Wildman–Crippen LogP) is 1.39. The van der Waals surface area contributed by atoms with Crippen LogP contribution in [0.3, 0.4) is 0 Å². The molecule has 22 heavy (non-hydrogen) atoms. The first-order valence-corrected chi connectivity index (χ1v) is 8.42. The molecule has 0 fully saturated rings. The van der Waals surface area contributed by atoms with E-state index in [9.17, 15) is 18.0 Å². The van der Waals surface area contributed by atoms with Crippen molar-refractivity contribution in [3.63, 3.8) is 0 Å². The molecule has 0 aliphatic rings. The summed E-state index contributed by atoms with van der Waals surface area (Å²) in [4.78, 5) is 23.3. The Morgan fingerprint density at radius 1 is 1.27 bits per heavy atom. The van der Waals surface area contributed by atoms with Gasteiger partial charge in [0.05, 0.1) is 4.90 Å². The number of rotatable bonds is 7. The van der Waals surface area contributed by atoms with Crippen molar-refractivity contribution < 1.29 is 22.7 Å². The summed E-state index contributed by atoms with van der Waals surface area (Å²) in [6.07, 6.45) is 0.924. The quantitative estimate of drug-likeness (QED) is 0.734. The Hall–Kier alpha value is -1.93. The molecule has 122 valence electrons. The fourth-order valence-electron chi connectivity index (χ4n) is 1.60. The molecular formula is C14H20N2O5S. The topological polar surface area (TPSA) is 116 Å². The number of sulfonamides is 1. The van der Waals surface area contributed by atoms with Crippen molar-refractivity contribution in [2.24, 2.45) is 5.14 Å². The fraction of sp³-hybridized carbons (Fsp3) is 0.429. The van der Waals surface area contributed by atoms with E-state index in [1.807, 2.05) is 6.92 Å². The van der Waals surface area contributed by atoms with Crippen molar-refractivity contribution in [3.05, 3.63) is 24.3 Å². The fourth-order valence-corrected chi connectivity index (χ4v) is 2.12. The van der Waals surface area contributed by atoms with Gasteiger partial charge in [-0.1, -0.05) is 13.3 Å². The van der Waals surface area contributed by atoms with Gasteiger partial charge in [0.15, 0.2) is 6.10 Å². The number of hydrogen-bond donors (Lipinski definition) is 2. The Morgan fingerprint density at radius 3 is 2.36 bits per heavy atom. The van der Waals surface area contributed by atoms with Crippen LogP contribution in [0, 0.1) is 0 Å². The number of carbonyl (C=O) groups excluding carboxylic acids is 2. The van der Waals surface area contributed by atoms with Gasteiger partial charge in [0.2, 0.25) is 10.0 Å². The van der Waals surface area contributed by atoms with Crippen molar-refractivity contribution in [2.75, 3.05) is 5.32 Å². The first-order valence-electron chi connectivity index (χ1n) is 6.87. The van der Waals surface area contributed by atoms with Crippen LogP contribution in [0.15, 0.2) is 29.2 Å². The molecule has 0 radical (unpaired) electrons. The summed E-state index contributed by atoms with van der Waals surface area (Å²) in [7, 11) is -3.77. The number of unbranched alkanes of at least 4 members (excludes halogenated alkanes) is 1. The predicted molar refractivity (Wildman–Crippen MR) is 81.5 cm³/mol. The van der Waals surface area contributed by atoms with Gasteiger partial charge in [-0.15, -0.1) is 0 Å². The van der Waals surface area contributed by atoms with E-state index in [0.717, 1.165) is 6.42 Å². The lowest BCUT2D eigenvalue weighted by molar-refractivity contribution is -0.153. The highest BCUT2D eigenvalue weighted by atomic mass is 32.2. The number of amides is 1. The van der Waals surface area contributed by atoms with Gasteiger partial charge in [0.25, 0.3) is 5.91 Å². The molecule has 1 atom stereocenters. The molecule has 8 heteroatoms. The van der Waals surface area contributed by atoms with Gasteiger partial charge in [0.1, 0.15) is 0 Å². The standard InChI is InChI=1S/C14H20N2O5S/c1-3-4-5-13(17)21-10(2)14(18)16-11-6-8-12(9-7-11)22(15,19)20/h6-10H,3-5H2,1-2H3,(H,16,18)(H2,15,19,20)/t10-/m1/s1. The van der Waals surface area contributed by atoms with Gasteiger partial charge < -0.3 is 10.1 Å². The average molecular weight is 328 g/mol. The van der Waals surface area contributed by atoms with Gasteiger partial charge in [0, 0.05) is 12.1 Å². The van der Waals surface area contributed by atoms with E-state index in [-0.39, 0.29) is 11.3 Å². The van der Waals surface area contributed by atoms with E-state index in [1.54, 1.807) is 0 Å². The molecule has 7 nitrogen and oxygen atoms in total. The lowest BCUT2D eigenvalue weighted by Crippen LogP contribution is -2.29. The highest BCUT2D eigenvalue weighted by Crippen LogP contribution is 2.13. The monoisotopic (exact) mass is 328 g/mol. The molecule has 0 aliphatic heterocycles. The maximum Gasteiger partial charge on any atom is 0.306 e. The van der Waals surface area contributed by atoms with E-state index in [0.29, 0.717) is 12.1 Å². The van der Waals surface area contributed by atoms with E-state index in [4.69, 9.17) is 9.88 Å². The molecule has 0 bridgehead atoms. The number of primary sulfonamides is 1. The molecule has 0 saturated carbocycles. The summed E-state index contributed by atoms with van der Waals surface area (Å²) in [6, 6.07) is 5.37. The molecule has 0 aromatic heterocycles. The maximum absolute atomic E-state index is 11.9. The van der Waals surface area contributed by atoms with Crippen LogP contribution < -0.4 is 10.5 Å². The van der Waals surface area contributed by atoms with Gasteiger partial charge >= 0.3 is 5.97 Å². The van der Waals surface area contributed by atoms with E-state index in [2.05, 4.69) is 5.32 Å². The molecule has 0 saturated heterocycles. The number of nitrogens with two attached hydrogens (primary N) is 1. The number of nitrogens with one attached hydrogen (secondary N) is 1. The van der Waals surface area contributed by atoms with Crippen LogP contribution in [0.2, 0.25) is 0 Å². The third kappa shape index (κ3) is 5.82. The molecule has 0 aliphatic carbocycles. The highest BCUT2D eigenvalue weighted by Gasteiger charge is 2.17. The molecule has 1 aromatic rings. The Kier molecular flexibility index (Phi) is 6.51. The number of carbonyl (C=O) groups is 2. The van der Waals surface area contributed by atoms with E-state index in [1.165, 1.54) is 31.2 Å². The smallest absolute Gasteiger partial charge is 0.306 e. The molecule has 3 N–H and O–H groups in total. The van der Waals surface area contributed by atoms with Crippen LogP contribution in [0.4, 0.5) is 5.69 Å². The summed E-state index contributed by atoms with van der Waals surface area (Å²) in [5.74, 6) is -0.915. The second-order valence-corrected chi connectivity index (χ2v) is 6.36. The van der Waals surface area contributed by atoms with Gasteiger partial charge in [-0.05, 0) is 37.6 Å². The molecule has 0 unspecified atom stereocenters. The zero-order valence-electron chi connectivity index (χ0n) is 12.5.